The van der Waals surface area contributed by atoms with Crippen LogP contribution < -0.4 is 10.4 Å². The van der Waals surface area contributed by atoms with Crippen LogP contribution in [0.15, 0.2) is 30.6 Å². The van der Waals surface area contributed by atoms with Crippen LogP contribution in [0, 0.1) is 0 Å². The average Bonchev–Trinajstić information content (AvgIpc) is 2.18. The highest BCUT2D eigenvalue weighted by molar-refractivity contribution is 5.76. The minimum atomic E-state index is -0.890. The molecule has 0 aromatic heterocycles. The van der Waals surface area contributed by atoms with Crippen molar-refractivity contribution in [1.82, 2.24) is 0 Å². The minimum Gasteiger partial charge on any atom is -0.481 e. The van der Waals surface area contributed by atoms with Gasteiger partial charge in [0.05, 0.1) is 17.8 Å². The number of rotatable bonds is 2. The van der Waals surface area contributed by atoms with E-state index in [2.05, 4.69) is 5.32 Å². The molecule has 2 rings (SSSR count). The number of anilines is 2. The van der Waals surface area contributed by atoms with E-state index in [0.717, 1.165) is 10.8 Å². The Bertz CT molecular complexity index is 429. The first kappa shape index (κ1) is 9.54. The standard InChI is InChI=1S/C10H10N2O3/c13-10(14)6-7-1-2-8-9(5-7)12(15)4-3-11-8/h1-5,11,15H,6H2,(H,13,14). The number of hydroxylamine groups is 1. The molecule has 1 aliphatic heterocycles. The lowest BCUT2D eigenvalue weighted by Gasteiger charge is -2.21. The summed E-state index contributed by atoms with van der Waals surface area (Å²) in [5, 5.41) is 22.0. The lowest BCUT2D eigenvalue weighted by Crippen LogP contribution is -2.16. The molecule has 78 valence electrons. The first-order chi connectivity index (χ1) is 7.16. The second kappa shape index (κ2) is 3.62. The Morgan fingerprint density at radius 2 is 2.27 bits per heavy atom. The molecule has 0 bridgehead atoms. The van der Waals surface area contributed by atoms with Gasteiger partial charge in [-0.15, -0.1) is 0 Å². The Hall–Kier alpha value is -2.01. The highest BCUT2D eigenvalue weighted by atomic mass is 16.5. The molecule has 1 heterocycles. The molecule has 0 unspecified atom stereocenters. The summed E-state index contributed by atoms with van der Waals surface area (Å²) in [5.41, 5.74) is 1.95. The number of carbonyl (C=O) groups is 1. The van der Waals surface area contributed by atoms with E-state index in [-0.39, 0.29) is 6.42 Å². The van der Waals surface area contributed by atoms with Crippen molar-refractivity contribution in [3.63, 3.8) is 0 Å². The van der Waals surface area contributed by atoms with Crippen LogP contribution in [0.1, 0.15) is 5.56 Å². The Kier molecular flexibility index (Phi) is 2.31. The van der Waals surface area contributed by atoms with Gasteiger partial charge in [-0.25, -0.2) is 5.06 Å². The second-order valence-electron chi connectivity index (χ2n) is 3.23. The molecule has 0 saturated heterocycles. The molecule has 1 aliphatic rings. The van der Waals surface area contributed by atoms with E-state index in [1.54, 1.807) is 24.4 Å². The number of carboxylic acids is 1. The third-order valence-corrected chi connectivity index (χ3v) is 2.12. The maximum absolute atomic E-state index is 10.5. The Morgan fingerprint density at radius 3 is 3.00 bits per heavy atom. The zero-order valence-electron chi connectivity index (χ0n) is 7.84. The average molecular weight is 206 g/mol. The smallest absolute Gasteiger partial charge is 0.307 e. The molecular formula is C10H10N2O3. The summed E-state index contributed by atoms with van der Waals surface area (Å²) >= 11 is 0. The van der Waals surface area contributed by atoms with Crippen LogP contribution in [0.25, 0.3) is 0 Å². The Balaban J connectivity index is 2.33. The fourth-order valence-corrected chi connectivity index (χ4v) is 1.45. The molecule has 1 aromatic rings. The maximum Gasteiger partial charge on any atom is 0.307 e. The molecule has 0 aliphatic carbocycles. The molecule has 0 spiro atoms. The maximum atomic E-state index is 10.5. The number of nitrogens with zero attached hydrogens (tertiary/aromatic N) is 1. The van der Waals surface area contributed by atoms with Gasteiger partial charge in [-0.1, -0.05) is 6.07 Å². The van der Waals surface area contributed by atoms with Crippen molar-refractivity contribution in [2.75, 3.05) is 10.4 Å². The number of carboxylic acid groups (broad SMARTS) is 1. The molecule has 5 heteroatoms. The van der Waals surface area contributed by atoms with Gasteiger partial charge < -0.3 is 10.4 Å². The topological polar surface area (TPSA) is 72.8 Å². The highest BCUT2D eigenvalue weighted by Gasteiger charge is 2.12. The van der Waals surface area contributed by atoms with Gasteiger partial charge in [0.25, 0.3) is 0 Å². The Morgan fingerprint density at radius 1 is 1.47 bits per heavy atom. The van der Waals surface area contributed by atoms with Gasteiger partial charge in [-0.05, 0) is 17.7 Å². The van der Waals surface area contributed by atoms with E-state index < -0.39 is 5.97 Å². The molecule has 1 aromatic carbocycles. The van der Waals surface area contributed by atoms with Crippen molar-refractivity contribution >= 4 is 17.3 Å². The fourth-order valence-electron chi connectivity index (χ4n) is 1.45. The Labute approximate surface area is 86.2 Å². The quantitative estimate of drug-likeness (QED) is 0.682. The van der Waals surface area contributed by atoms with Gasteiger partial charge in [-0.2, -0.15) is 0 Å². The van der Waals surface area contributed by atoms with Gasteiger partial charge in [0, 0.05) is 12.4 Å². The first-order valence-corrected chi connectivity index (χ1v) is 4.43. The van der Waals surface area contributed by atoms with Crippen LogP contribution >= 0.6 is 0 Å². The number of benzene rings is 1. The summed E-state index contributed by atoms with van der Waals surface area (Å²) in [4.78, 5) is 10.5. The third kappa shape index (κ3) is 1.92. The number of aliphatic carboxylic acids is 1. The van der Waals surface area contributed by atoms with Crippen molar-refractivity contribution < 1.29 is 15.1 Å². The van der Waals surface area contributed by atoms with Crippen molar-refractivity contribution in [2.45, 2.75) is 6.42 Å². The SMILES string of the molecule is O=C(O)Cc1ccc2c(c1)N(O)C=CN2. The van der Waals surface area contributed by atoms with Crippen LogP contribution in [0.5, 0.6) is 0 Å². The van der Waals surface area contributed by atoms with E-state index in [0.29, 0.717) is 11.3 Å². The third-order valence-electron chi connectivity index (χ3n) is 2.12. The van der Waals surface area contributed by atoms with Gasteiger partial charge in [0.1, 0.15) is 0 Å². The number of fused-ring (bicyclic) bond motifs is 1. The van der Waals surface area contributed by atoms with E-state index in [9.17, 15) is 10.0 Å². The van der Waals surface area contributed by atoms with Gasteiger partial charge in [0.2, 0.25) is 0 Å². The zero-order chi connectivity index (χ0) is 10.8. The predicted octanol–water partition coefficient (Wildman–Crippen LogP) is 1.41. The number of nitrogens with one attached hydrogen (secondary N) is 1. The van der Waals surface area contributed by atoms with Crippen LogP contribution in [-0.2, 0) is 11.2 Å². The van der Waals surface area contributed by atoms with Gasteiger partial charge >= 0.3 is 5.97 Å². The van der Waals surface area contributed by atoms with Crippen molar-refractivity contribution in [3.05, 3.63) is 36.2 Å². The van der Waals surface area contributed by atoms with Crippen LogP contribution in [-0.4, -0.2) is 16.3 Å². The molecule has 0 fully saturated rings. The van der Waals surface area contributed by atoms with E-state index in [1.165, 1.54) is 6.20 Å². The molecule has 5 nitrogen and oxygen atoms in total. The molecule has 0 amide bonds. The first-order valence-electron chi connectivity index (χ1n) is 4.43. The fraction of sp³-hybridized carbons (Fsp3) is 0.100. The summed E-state index contributed by atoms with van der Waals surface area (Å²) in [6.45, 7) is 0. The van der Waals surface area contributed by atoms with Crippen LogP contribution in [0.4, 0.5) is 11.4 Å². The lowest BCUT2D eigenvalue weighted by molar-refractivity contribution is -0.136. The minimum absolute atomic E-state index is 0.0508. The molecular weight excluding hydrogens is 196 g/mol. The van der Waals surface area contributed by atoms with Crippen molar-refractivity contribution in [2.24, 2.45) is 0 Å². The monoisotopic (exact) mass is 206 g/mol. The molecule has 0 radical (unpaired) electrons. The second-order valence-corrected chi connectivity index (χ2v) is 3.23. The number of hydrogen-bond acceptors (Lipinski definition) is 4. The van der Waals surface area contributed by atoms with E-state index in [4.69, 9.17) is 5.11 Å². The van der Waals surface area contributed by atoms with E-state index >= 15 is 0 Å². The van der Waals surface area contributed by atoms with Crippen LogP contribution in [0.3, 0.4) is 0 Å². The summed E-state index contributed by atoms with van der Waals surface area (Å²) in [7, 11) is 0. The van der Waals surface area contributed by atoms with Gasteiger partial charge in [-0.3, -0.25) is 10.0 Å². The summed E-state index contributed by atoms with van der Waals surface area (Å²) in [5.74, 6) is -0.890. The van der Waals surface area contributed by atoms with Crippen LogP contribution in [0.2, 0.25) is 0 Å². The summed E-state index contributed by atoms with van der Waals surface area (Å²) < 4.78 is 0. The normalized spacial score (nSPS) is 13.3. The molecule has 15 heavy (non-hydrogen) atoms. The molecule has 0 atom stereocenters. The van der Waals surface area contributed by atoms with Crippen molar-refractivity contribution in [3.8, 4) is 0 Å². The van der Waals surface area contributed by atoms with Crippen molar-refractivity contribution in [1.29, 1.82) is 0 Å². The molecule has 3 N–H and O–H groups in total. The van der Waals surface area contributed by atoms with Gasteiger partial charge in [0.15, 0.2) is 0 Å². The largest absolute Gasteiger partial charge is 0.481 e. The zero-order valence-corrected chi connectivity index (χ0v) is 7.84. The lowest BCUT2D eigenvalue weighted by atomic mass is 10.1. The molecule has 0 saturated carbocycles. The summed E-state index contributed by atoms with van der Waals surface area (Å²) in [6.07, 6.45) is 3.00. The van der Waals surface area contributed by atoms with E-state index in [1.807, 2.05) is 0 Å². The predicted molar refractivity (Wildman–Crippen MR) is 54.8 cm³/mol. The summed E-state index contributed by atoms with van der Waals surface area (Å²) in [6, 6.07) is 5.09. The highest BCUT2D eigenvalue weighted by Crippen LogP contribution is 2.29. The number of hydrogen-bond donors (Lipinski definition) is 3.